The van der Waals surface area contributed by atoms with Crippen molar-refractivity contribution in [3.05, 3.63) is 0 Å². The molecule has 1 atom stereocenters. The first kappa shape index (κ1) is 10.1. The number of carbonyl (C=O) groups is 2. The average Bonchev–Trinajstić information content (AvgIpc) is 1.84. The molecule has 0 rings (SSSR count). The Balaban J connectivity index is 3.76. The molecule has 0 radical (unpaired) electrons. The summed E-state index contributed by atoms with van der Waals surface area (Å²) in [7, 11) is 0. The molecule has 0 amide bonds. The molecule has 0 fully saturated rings. The first-order chi connectivity index (χ1) is 5.06. The van der Waals surface area contributed by atoms with Crippen molar-refractivity contribution in [1.82, 2.24) is 0 Å². The van der Waals surface area contributed by atoms with Gasteiger partial charge in [0.05, 0.1) is 6.42 Å². The van der Waals surface area contributed by atoms with Crippen LogP contribution in [0.4, 0.5) is 0 Å². The molecule has 11 heavy (non-hydrogen) atoms. The second-order valence-electron chi connectivity index (χ2n) is 3.12. The van der Waals surface area contributed by atoms with E-state index in [0.29, 0.717) is 12.3 Å². The van der Waals surface area contributed by atoms with Gasteiger partial charge in [-0.05, 0) is 12.3 Å². The van der Waals surface area contributed by atoms with Crippen molar-refractivity contribution in [2.75, 3.05) is 0 Å². The quantitative estimate of drug-likeness (QED) is 0.614. The number of aliphatic carboxylic acids is 1. The predicted molar refractivity (Wildman–Crippen MR) is 41.3 cm³/mol. The molecular formula is C8H14O3. The third kappa shape index (κ3) is 5.58. The van der Waals surface area contributed by atoms with E-state index >= 15 is 0 Å². The SMILES string of the molecule is CC(C)C[C@H](C=O)CC(=O)O. The predicted octanol–water partition coefficient (Wildman–Crippen LogP) is 1.32. The molecule has 3 nitrogen and oxygen atoms in total. The Bertz CT molecular complexity index is 140. The first-order valence-electron chi connectivity index (χ1n) is 3.73. The summed E-state index contributed by atoms with van der Waals surface area (Å²) in [5.41, 5.74) is 0. The van der Waals surface area contributed by atoms with Crippen LogP contribution in [0.3, 0.4) is 0 Å². The van der Waals surface area contributed by atoms with E-state index < -0.39 is 5.97 Å². The van der Waals surface area contributed by atoms with Crippen molar-refractivity contribution in [1.29, 1.82) is 0 Å². The van der Waals surface area contributed by atoms with Crippen molar-refractivity contribution in [2.45, 2.75) is 26.7 Å². The van der Waals surface area contributed by atoms with Gasteiger partial charge < -0.3 is 9.90 Å². The maximum Gasteiger partial charge on any atom is 0.304 e. The van der Waals surface area contributed by atoms with Gasteiger partial charge in [0, 0.05) is 5.92 Å². The molecule has 0 aromatic carbocycles. The minimum atomic E-state index is -0.900. The van der Waals surface area contributed by atoms with Gasteiger partial charge in [-0.25, -0.2) is 0 Å². The van der Waals surface area contributed by atoms with Crippen molar-refractivity contribution < 1.29 is 14.7 Å². The zero-order valence-corrected chi connectivity index (χ0v) is 6.91. The van der Waals surface area contributed by atoms with Gasteiger partial charge in [0.15, 0.2) is 0 Å². The van der Waals surface area contributed by atoms with Gasteiger partial charge in [0.1, 0.15) is 6.29 Å². The highest BCUT2D eigenvalue weighted by Gasteiger charge is 2.13. The van der Waals surface area contributed by atoms with Crippen LogP contribution >= 0.6 is 0 Å². The van der Waals surface area contributed by atoms with Crippen LogP contribution in [0.2, 0.25) is 0 Å². The molecule has 1 N–H and O–H groups in total. The minimum absolute atomic E-state index is 0.0400. The van der Waals surface area contributed by atoms with E-state index in [9.17, 15) is 9.59 Å². The van der Waals surface area contributed by atoms with E-state index in [4.69, 9.17) is 5.11 Å². The highest BCUT2D eigenvalue weighted by molar-refractivity contribution is 5.71. The Morgan fingerprint density at radius 2 is 2.09 bits per heavy atom. The Kier molecular flexibility index (Phi) is 4.50. The second-order valence-corrected chi connectivity index (χ2v) is 3.12. The van der Waals surface area contributed by atoms with Crippen LogP contribution in [0.1, 0.15) is 26.7 Å². The Hall–Kier alpha value is -0.860. The zero-order valence-electron chi connectivity index (χ0n) is 6.91. The van der Waals surface area contributed by atoms with Crippen LogP contribution < -0.4 is 0 Å². The molecular weight excluding hydrogens is 144 g/mol. The second kappa shape index (κ2) is 4.88. The summed E-state index contributed by atoms with van der Waals surface area (Å²) in [5, 5.41) is 8.37. The number of aldehydes is 1. The third-order valence-electron chi connectivity index (χ3n) is 1.40. The molecule has 0 saturated heterocycles. The fourth-order valence-electron chi connectivity index (χ4n) is 1.02. The monoisotopic (exact) mass is 158 g/mol. The van der Waals surface area contributed by atoms with E-state index in [1.807, 2.05) is 13.8 Å². The molecule has 0 aliphatic heterocycles. The normalized spacial score (nSPS) is 13.0. The molecule has 0 heterocycles. The Labute approximate surface area is 66.4 Å². The van der Waals surface area contributed by atoms with Crippen molar-refractivity contribution >= 4 is 12.3 Å². The van der Waals surface area contributed by atoms with Gasteiger partial charge in [-0.1, -0.05) is 13.8 Å². The lowest BCUT2D eigenvalue weighted by Gasteiger charge is -2.08. The fourth-order valence-corrected chi connectivity index (χ4v) is 1.02. The molecule has 0 saturated carbocycles. The lowest BCUT2D eigenvalue weighted by atomic mass is 9.96. The molecule has 0 spiro atoms. The zero-order chi connectivity index (χ0) is 8.85. The molecule has 0 aromatic rings. The first-order valence-corrected chi connectivity index (χ1v) is 3.73. The standard InChI is InChI=1S/C8H14O3/c1-6(2)3-7(5-9)4-8(10)11/h5-7H,3-4H2,1-2H3,(H,10,11)/t7-/m0/s1. The van der Waals surface area contributed by atoms with Crippen LogP contribution in [0, 0.1) is 11.8 Å². The van der Waals surface area contributed by atoms with Gasteiger partial charge in [0.25, 0.3) is 0 Å². The molecule has 64 valence electrons. The summed E-state index contributed by atoms with van der Waals surface area (Å²) in [6.45, 7) is 3.94. The number of hydrogen-bond donors (Lipinski definition) is 1. The minimum Gasteiger partial charge on any atom is -0.481 e. The highest BCUT2D eigenvalue weighted by Crippen LogP contribution is 2.12. The van der Waals surface area contributed by atoms with Crippen LogP contribution in [0.25, 0.3) is 0 Å². The summed E-state index contributed by atoms with van der Waals surface area (Å²) in [6.07, 6.45) is 1.35. The summed E-state index contributed by atoms with van der Waals surface area (Å²) in [4.78, 5) is 20.5. The van der Waals surface area contributed by atoms with Crippen molar-refractivity contribution in [2.24, 2.45) is 11.8 Å². The van der Waals surface area contributed by atoms with E-state index in [1.54, 1.807) is 0 Å². The molecule has 0 aromatic heterocycles. The summed E-state index contributed by atoms with van der Waals surface area (Å²) in [5.74, 6) is -0.834. The van der Waals surface area contributed by atoms with E-state index in [-0.39, 0.29) is 12.3 Å². The Morgan fingerprint density at radius 3 is 2.36 bits per heavy atom. The van der Waals surface area contributed by atoms with E-state index in [1.165, 1.54) is 0 Å². The maximum atomic E-state index is 10.3. The highest BCUT2D eigenvalue weighted by atomic mass is 16.4. The topological polar surface area (TPSA) is 54.4 Å². The van der Waals surface area contributed by atoms with Crippen molar-refractivity contribution in [3.8, 4) is 0 Å². The average molecular weight is 158 g/mol. The number of carbonyl (C=O) groups excluding carboxylic acids is 1. The van der Waals surface area contributed by atoms with Gasteiger partial charge in [0.2, 0.25) is 0 Å². The van der Waals surface area contributed by atoms with Crippen LogP contribution in [-0.4, -0.2) is 17.4 Å². The Morgan fingerprint density at radius 1 is 1.55 bits per heavy atom. The van der Waals surface area contributed by atoms with Crippen LogP contribution in [0.5, 0.6) is 0 Å². The molecule has 0 aliphatic rings. The molecule has 0 bridgehead atoms. The van der Waals surface area contributed by atoms with Gasteiger partial charge in [-0.3, -0.25) is 4.79 Å². The van der Waals surface area contributed by atoms with Gasteiger partial charge in [-0.15, -0.1) is 0 Å². The van der Waals surface area contributed by atoms with Crippen LogP contribution in [0.15, 0.2) is 0 Å². The molecule has 0 aliphatic carbocycles. The number of rotatable bonds is 5. The fraction of sp³-hybridized carbons (Fsp3) is 0.750. The number of carboxylic acids is 1. The summed E-state index contributed by atoms with van der Waals surface area (Å²) < 4.78 is 0. The summed E-state index contributed by atoms with van der Waals surface area (Å²) >= 11 is 0. The maximum absolute atomic E-state index is 10.3. The summed E-state index contributed by atoms with van der Waals surface area (Å²) in [6, 6.07) is 0. The smallest absolute Gasteiger partial charge is 0.304 e. The van der Waals surface area contributed by atoms with Gasteiger partial charge >= 0.3 is 5.97 Å². The largest absolute Gasteiger partial charge is 0.481 e. The van der Waals surface area contributed by atoms with Gasteiger partial charge in [-0.2, -0.15) is 0 Å². The number of hydrogen-bond acceptors (Lipinski definition) is 2. The lowest BCUT2D eigenvalue weighted by Crippen LogP contribution is -2.11. The molecule has 3 heteroatoms. The number of carboxylic acid groups (broad SMARTS) is 1. The lowest BCUT2D eigenvalue weighted by molar-refractivity contribution is -0.139. The molecule has 0 unspecified atom stereocenters. The van der Waals surface area contributed by atoms with Crippen LogP contribution in [-0.2, 0) is 9.59 Å². The third-order valence-corrected chi connectivity index (χ3v) is 1.40. The van der Waals surface area contributed by atoms with Crippen molar-refractivity contribution in [3.63, 3.8) is 0 Å². The van der Waals surface area contributed by atoms with E-state index in [2.05, 4.69) is 0 Å². The van der Waals surface area contributed by atoms with E-state index in [0.717, 1.165) is 6.29 Å².